The van der Waals surface area contributed by atoms with Crippen molar-refractivity contribution in [3.05, 3.63) is 114 Å². The van der Waals surface area contributed by atoms with Crippen LogP contribution in [0, 0.1) is 0 Å². The number of benzene rings is 4. The van der Waals surface area contributed by atoms with Crippen molar-refractivity contribution in [2.75, 3.05) is 0 Å². The van der Waals surface area contributed by atoms with Crippen LogP contribution in [0.15, 0.2) is 107 Å². The molecule has 176 valence electrons. The number of hydrogen-bond acceptors (Lipinski definition) is 4. The zero-order valence-corrected chi connectivity index (χ0v) is 19.9. The molecule has 0 fully saturated rings. The Morgan fingerprint density at radius 3 is 2.00 bits per heavy atom. The fourth-order valence-corrected chi connectivity index (χ4v) is 6.11. The van der Waals surface area contributed by atoms with Gasteiger partial charge >= 0.3 is 0 Å². The van der Waals surface area contributed by atoms with Gasteiger partial charge in [0.15, 0.2) is 0 Å². The molecule has 6 nitrogen and oxygen atoms in total. The van der Waals surface area contributed by atoms with Crippen molar-refractivity contribution in [1.29, 1.82) is 0 Å². The van der Waals surface area contributed by atoms with E-state index < -0.39 is 26.2 Å². The first-order chi connectivity index (χ1) is 16.6. The smallest absolute Gasteiger partial charge is 0.282 e. The van der Waals surface area contributed by atoms with E-state index in [9.17, 15) is 25.9 Å². The predicted molar refractivity (Wildman–Crippen MR) is 134 cm³/mol. The first-order valence-corrected chi connectivity index (χ1v) is 13.6. The lowest BCUT2D eigenvalue weighted by Gasteiger charge is -2.20. The fourth-order valence-electron chi connectivity index (χ4n) is 4.60. The van der Waals surface area contributed by atoms with E-state index in [-0.39, 0.29) is 9.79 Å². The summed E-state index contributed by atoms with van der Waals surface area (Å²) in [6.45, 7) is 0. The van der Waals surface area contributed by atoms with Crippen molar-refractivity contribution in [2.24, 2.45) is 0 Å². The lowest BCUT2D eigenvalue weighted by molar-refractivity contribution is 0.480. The SMILES string of the molecule is O=S(=O)(O)c1cc(-c2cccc(S(=O)(=O)O)c2C2C=Cc3ccccc32)ccc1-c1ccccc1. The van der Waals surface area contributed by atoms with E-state index >= 15 is 0 Å². The molecule has 1 aliphatic rings. The molecule has 4 aromatic rings. The molecule has 4 aromatic carbocycles. The maximum Gasteiger partial charge on any atom is 0.295 e. The van der Waals surface area contributed by atoms with Crippen molar-refractivity contribution in [1.82, 2.24) is 0 Å². The van der Waals surface area contributed by atoms with Crippen molar-refractivity contribution in [2.45, 2.75) is 15.7 Å². The molecule has 35 heavy (non-hydrogen) atoms. The summed E-state index contributed by atoms with van der Waals surface area (Å²) in [6, 6.07) is 25.4. The van der Waals surface area contributed by atoms with Gasteiger partial charge in [-0.15, -0.1) is 0 Å². The molecule has 0 bridgehead atoms. The van der Waals surface area contributed by atoms with E-state index in [4.69, 9.17) is 0 Å². The zero-order valence-electron chi connectivity index (χ0n) is 18.2. The molecule has 1 unspecified atom stereocenters. The molecule has 0 radical (unpaired) electrons. The van der Waals surface area contributed by atoms with Crippen molar-refractivity contribution >= 4 is 26.3 Å². The standard InChI is InChI=1S/C27H20O6S2/c28-34(29,30)25-12-6-11-23(27(25)24-16-13-19-9-4-5-10-21(19)24)20-14-15-22(18-7-2-1-3-8-18)26(17-20)35(31,32)33/h1-17,24H,(H,28,29,30)(H,31,32,33). The molecule has 1 aliphatic carbocycles. The van der Waals surface area contributed by atoms with Crippen LogP contribution in [-0.4, -0.2) is 25.9 Å². The molecule has 0 saturated carbocycles. The summed E-state index contributed by atoms with van der Waals surface area (Å²) < 4.78 is 69.5. The molecule has 0 heterocycles. The summed E-state index contributed by atoms with van der Waals surface area (Å²) in [5, 5.41) is 0. The maximum atomic E-state index is 12.4. The lowest BCUT2D eigenvalue weighted by atomic mass is 9.86. The quantitative estimate of drug-likeness (QED) is 0.339. The van der Waals surface area contributed by atoms with E-state index in [1.165, 1.54) is 18.2 Å². The van der Waals surface area contributed by atoms with Gasteiger partial charge in [-0.2, -0.15) is 16.8 Å². The van der Waals surface area contributed by atoms with Crippen molar-refractivity contribution in [3.63, 3.8) is 0 Å². The molecular weight excluding hydrogens is 484 g/mol. The average Bonchev–Trinajstić information content (AvgIpc) is 3.26. The van der Waals surface area contributed by atoms with Gasteiger partial charge in [0.1, 0.15) is 4.90 Å². The topological polar surface area (TPSA) is 109 Å². The first kappa shape index (κ1) is 23.2. The van der Waals surface area contributed by atoms with Gasteiger partial charge < -0.3 is 0 Å². The van der Waals surface area contributed by atoms with Crippen molar-refractivity contribution in [3.8, 4) is 22.3 Å². The third kappa shape index (κ3) is 4.33. The minimum Gasteiger partial charge on any atom is -0.282 e. The number of hydrogen-bond donors (Lipinski definition) is 2. The van der Waals surface area contributed by atoms with Crippen LogP contribution in [0.1, 0.15) is 22.6 Å². The van der Waals surface area contributed by atoms with Crippen LogP contribution >= 0.6 is 0 Å². The molecule has 5 rings (SSSR count). The molecule has 0 aliphatic heterocycles. The van der Waals surface area contributed by atoms with Gasteiger partial charge in [0.2, 0.25) is 0 Å². The van der Waals surface area contributed by atoms with E-state index in [0.717, 1.165) is 11.1 Å². The normalized spacial score (nSPS) is 15.2. The molecule has 0 saturated heterocycles. The molecule has 0 amide bonds. The van der Waals surface area contributed by atoms with E-state index in [2.05, 4.69) is 0 Å². The summed E-state index contributed by atoms with van der Waals surface area (Å²) in [7, 11) is -9.21. The predicted octanol–water partition coefficient (Wildman–Crippen LogP) is 5.67. The zero-order chi connectivity index (χ0) is 24.8. The highest BCUT2D eigenvalue weighted by molar-refractivity contribution is 7.86. The Hall–Kier alpha value is -3.56. The second-order valence-corrected chi connectivity index (χ2v) is 11.0. The van der Waals surface area contributed by atoms with Gasteiger partial charge in [-0.3, -0.25) is 9.11 Å². The Morgan fingerprint density at radius 1 is 0.600 bits per heavy atom. The van der Waals surface area contributed by atoms with Crippen LogP contribution in [0.25, 0.3) is 28.3 Å². The molecule has 8 heteroatoms. The number of allylic oxidation sites excluding steroid dienone is 1. The third-order valence-electron chi connectivity index (χ3n) is 6.11. The molecule has 0 spiro atoms. The summed E-state index contributed by atoms with van der Waals surface area (Å²) in [5.41, 5.74) is 3.84. The minimum atomic E-state index is -4.61. The van der Waals surface area contributed by atoms with Gasteiger partial charge in [-0.25, -0.2) is 0 Å². The van der Waals surface area contributed by atoms with E-state index in [0.29, 0.717) is 27.8 Å². The Labute approximate surface area is 203 Å². The highest BCUT2D eigenvalue weighted by Crippen LogP contribution is 2.43. The van der Waals surface area contributed by atoms with Crippen LogP contribution in [0.3, 0.4) is 0 Å². The Balaban J connectivity index is 1.78. The maximum absolute atomic E-state index is 12.4. The largest absolute Gasteiger partial charge is 0.295 e. The van der Waals surface area contributed by atoms with E-state index in [1.54, 1.807) is 48.5 Å². The second-order valence-electron chi connectivity index (χ2n) is 8.21. The van der Waals surface area contributed by atoms with Gasteiger partial charge in [0, 0.05) is 11.5 Å². The summed E-state index contributed by atoms with van der Waals surface area (Å²) in [6.07, 6.45) is 3.73. The highest BCUT2D eigenvalue weighted by Gasteiger charge is 2.29. The van der Waals surface area contributed by atoms with Crippen LogP contribution in [0.2, 0.25) is 0 Å². The van der Waals surface area contributed by atoms with E-state index in [1.807, 2.05) is 36.4 Å². The van der Waals surface area contributed by atoms with Crippen LogP contribution in [0.4, 0.5) is 0 Å². The molecular formula is C27H20O6S2. The number of fused-ring (bicyclic) bond motifs is 1. The molecule has 2 N–H and O–H groups in total. The summed E-state index contributed by atoms with van der Waals surface area (Å²) >= 11 is 0. The van der Waals surface area contributed by atoms with Crippen LogP contribution in [-0.2, 0) is 20.2 Å². The summed E-state index contributed by atoms with van der Waals surface area (Å²) in [4.78, 5) is -0.561. The monoisotopic (exact) mass is 504 g/mol. The second kappa shape index (κ2) is 8.58. The third-order valence-corrected chi connectivity index (χ3v) is 7.92. The Kier molecular flexibility index (Phi) is 5.69. The van der Waals surface area contributed by atoms with Gasteiger partial charge in [-0.1, -0.05) is 91.0 Å². The lowest BCUT2D eigenvalue weighted by Crippen LogP contribution is -2.09. The fraction of sp³-hybridized carbons (Fsp3) is 0.0370. The summed E-state index contributed by atoms with van der Waals surface area (Å²) in [5.74, 6) is -0.484. The minimum absolute atomic E-state index is 0.262. The van der Waals surface area contributed by atoms with Crippen LogP contribution in [0.5, 0.6) is 0 Å². The Bertz CT molecular complexity index is 1690. The van der Waals surface area contributed by atoms with Crippen LogP contribution < -0.4 is 0 Å². The highest BCUT2D eigenvalue weighted by atomic mass is 32.2. The first-order valence-electron chi connectivity index (χ1n) is 10.7. The molecule has 1 atom stereocenters. The molecule has 0 aromatic heterocycles. The Morgan fingerprint density at radius 2 is 1.29 bits per heavy atom. The van der Waals surface area contributed by atoms with Gasteiger partial charge in [0.25, 0.3) is 20.2 Å². The average molecular weight is 505 g/mol. The number of rotatable bonds is 5. The van der Waals surface area contributed by atoms with Crippen molar-refractivity contribution < 1.29 is 25.9 Å². The van der Waals surface area contributed by atoms with Gasteiger partial charge in [-0.05, 0) is 45.5 Å². The van der Waals surface area contributed by atoms with Gasteiger partial charge in [0.05, 0.1) is 4.90 Å².